The summed E-state index contributed by atoms with van der Waals surface area (Å²) in [5.41, 5.74) is 0.908. The van der Waals surface area contributed by atoms with Crippen molar-refractivity contribution in [3.63, 3.8) is 0 Å². The Balaban J connectivity index is 1.92. The zero-order valence-corrected chi connectivity index (χ0v) is 13.4. The average molecular weight is 328 g/mol. The molecule has 0 aliphatic heterocycles. The third-order valence-corrected chi connectivity index (χ3v) is 4.77. The van der Waals surface area contributed by atoms with Crippen LogP contribution < -0.4 is 5.32 Å². The molecular weight excluding hydrogens is 306 g/mol. The molecule has 106 valence electrons. The standard InChI is InChI=1S/C14H22BrN3O/c1-9-4-6-12(7-5-9)16-14(19)11(3)18-8-13(15)10(2)17-18/h8-9,11-12H,4-7H2,1-3H3,(H,16,19). The van der Waals surface area contributed by atoms with Crippen molar-refractivity contribution in [1.82, 2.24) is 15.1 Å². The van der Waals surface area contributed by atoms with E-state index in [2.05, 4.69) is 33.3 Å². The molecule has 5 heteroatoms. The third kappa shape index (κ3) is 3.59. The number of carbonyl (C=O) groups is 1. The van der Waals surface area contributed by atoms with Gasteiger partial charge in [0.1, 0.15) is 6.04 Å². The Morgan fingerprint density at radius 1 is 1.47 bits per heavy atom. The molecule has 1 atom stereocenters. The molecule has 1 saturated carbocycles. The molecule has 1 aliphatic carbocycles. The maximum absolute atomic E-state index is 12.2. The summed E-state index contributed by atoms with van der Waals surface area (Å²) in [5.74, 6) is 0.866. The Hall–Kier alpha value is -0.840. The van der Waals surface area contributed by atoms with Crippen LogP contribution >= 0.6 is 15.9 Å². The molecule has 1 aliphatic rings. The highest BCUT2D eigenvalue weighted by Crippen LogP contribution is 2.24. The molecular formula is C14H22BrN3O. The second kappa shape index (κ2) is 6.07. The molecule has 1 N–H and O–H groups in total. The molecule has 1 heterocycles. The average Bonchev–Trinajstić information content (AvgIpc) is 2.71. The first-order chi connectivity index (χ1) is 8.97. The fourth-order valence-electron chi connectivity index (χ4n) is 2.50. The predicted molar refractivity (Wildman–Crippen MR) is 78.9 cm³/mol. The lowest BCUT2D eigenvalue weighted by molar-refractivity contribution is -0.125. The number of nitrogens with one attached hydrogen (secondary N) is 1. The number of carbonyl (C=O) groups excluding carboxylic acids is 1. The van der Waals surface area contributed by atoms with Crippen molar-refractivity contribution in [3.05, 3.63) is 16.4 Å². The van der Waals surface area contributed by atoms with E-state index in [9.17, 15) is 4.79 Å². The minimum atomic E-state index is -0.260. The number of nitrogens with zero attached hydrogens (tertiary/aromatic N) is 2. The van der Waals surface area contributed by atoms with Crippen LogP contribution in [0.15, 0.2) is 10.7 Å². The molecule has 2 rings (SSSR count). The maximum atomic E-state index is 12.2. The van der Waals surface area contributed by atoms with Gasteiger partial charge in [0.2, 0.25) is 5.91 Å². The van der Waals surface area contributed by atoms with Gasteiger partial charge in [-0.15, -0.1) is 0 Å². The van der Waals surface area contributed by atoms with Gasteiger partial charge in [-0.3, -0.25) is 9.48 Å². The van der Waals surface area contributed by atoms with Crippen LogP contribution in [0, 0.1) is 12.8 Å². The van der Waals surface area contributed by atoms with Crippen LogP contribution in [0.25, 0.3) is 0 Å². The predicted octanol–water partition coefficient (Wildman–Crippen LogP) is 3.21. The summed E-state index contributed by atoms with van der Waals surface area (Å²) in [5, 5.41) is 7.50. The highest BCUT2D eigenvalue weighted by molar-refractivity contribution is 9.10. The van der Waals surface area contributed by atoms with E-state index in [1.165, 1.54) is 12.8 Å². The molecule has 0 bridgehead atoms. The lowest BCUT2D eigenvalue weighted by Crippen LogP contribution is -2.40. The van der Waals surface area contributed by atoms with Gasteiger partial charge < -0.3 is 5.32 Å². The van der Waals surface area contributed by atoms with Crippen molar-refractivity contribution < 1.29 is 4.79 Å². The first-order valence-corrected chi connectivity index (χ1v) is 7.78. The Kier molecular flexibility index (Phi) is 4.66. The summed E-state index contributed by atoms with van der Waals surface area (Å²) >= 11 is 3.42. The largest absolute Gasteiger partial charge is 0.352 e. The van der Waals surface area contributed by atoms with Crippen LogP contribution in [0.5, 0.6) is 0 Å². The van der Waals surface area contributed by atoms with Gasteiger partial charge in [-0.2, -0.15) is 5.10 Å². The first-order valence-electron chi connectivity index (χ1n) is 6.99. The summed E-state index contributed by atoms with van der Waals surface area (Å²) in [6.45, 7) is 6.10. The lowest BCUT2D eigenvalue weighted by Gasteiger charge is -2.28. The van der Waals surface area contributed by atoms with E-state index < -0.39 is 0 Å². The van der Waals surface area contributed by atoms with E-state index in [0.717, 1.165) is 28.9 Å². The second-order valence-electron chi connectivity index (χ2n) is 5.68. The summed E-state index contributed by atoms with van der Waals surface area (Å²) < 4.78 is 2.67. The molecule has 1 aromatic rings. The number of hydrogen-bond donors (Lipinski definition) is 1. The minimum Gasteiger partial charge on any atom is -0.352 e. The smallest absolute Gasteiger partial charge is 0.244 e. The molecule has 1 amide bonds. The van der Waals surface area contributed by atoms with Gasteiger partial charge >= 0.3 is 0 Å². The van der Waals surface area contributed by atoms with Crippen molar-refractivity contribution in [1.29, 1.82) is 0 Å². The number of amides is 1. The maximum Gasteiger partial charge on any atom is 0.244 e. The Morgan fingerprint density at radius 3 is 2.63 bits per heavy atom. The molecule has 1 aromatic heterocycles. The van der Waals surface area contributed by atoms with Crippen molar-refractivity contribution in [2.45, 2.75) is 58.5 Å². The van der Waals surface area contributed by atoms with Crippen LogP contribution in [0.1, 0.15) is 51.3 Å². The van der Waals surface area contributed by atoms with Gasteiger partial charge in [0.25, 0.3) is 0 Å². The lowest BCUT2D eigenvalue weighted by atomic mass is 9.87. The normalized spacial score (nSPS) is 25.1. The van der Waals surface area contributed by atoms with Gasteiger partial charge in [0.15, 0.2) is 0 Å². The zero-order valence-electron chi connectivity index (χ0n) is 11.8. The molecule has 1 fully saturated rings. The Labute approximate surface area is 123 Å². The van der Waals surface area contributed by atoms with E-state index in [0.29, 0.717) is 6.04 Å². The molecule has 19 heavy (non-hydrogen) atoms. The number of hydrogen-bond acceptors (Lipinski definition) is 2. The van der Waals surface area contributed by atoms with Crippen molar-refractivity contribution in [3.8, 4) is 0 Å². The molecule has 0 aromatic carbocycles. The molecule has 1 unspecified atom stereocenters. The highest BCUT2D eigenvalue weighted by Gasteiger charge is 2.23. The van der Waals surface area contributed by atoms with E-state index in [1.807, 2.05) is 20.0 Å². The van der Waals surface area contributed by atoms with Gasteiger partial charge in [-0.1, -0.05) is 6.92 Å². The topological polar surface area (TPSA) is 46.9 Å². The Morgan fingerprint density at radius 2 is 2.11 bits per heavy atom. The molecule has 4 nitrogen and oxygen atoms in total. The van der Waals surface area contributed by atoms with Crippen molar-refractivity contribution >= 4 is 21.8 Å². The zero-order chi connectivity index (χ0) is 14.0. The summed E-state index contributed by atoms with van der Waals surface area (Å²) in [7, 11) is 0. The number of aromatic nitrogens is 2. The van der Waals surface area contributed by atoms with E-state index in [-0.39, 0.29) is 11.9 Å². The van der Waals surface area contributed by atoms with Crippen molar-refractivity contribution in [2.75, 3.05) is 0 Å². The van der Waals surface area contributed by atoms with Gasteiger partial charge in [-0.05, 0) is 61.4 Å². The van der Waals surface area contributed by atoms with Crippen LogP contribution in [0.2, 0.25) is 0 Å². The number of rotatable bonds is 3. The monoisotopic (exact) mass is 327 g/mol. The van der Waals surface area contributed by atoms with Gasteiger partial charge in [-0.25, -0.2) is 0 Å². The fraction of sp³-hybridized carbons (Fsp3) is 0.714. The van der Waals surface area contributed by atoms with Crippen LogP contribution in [0.3, 0.4) is 0 Å². The second-order valence-corrected chi connectivity index (χ2v) is 6.54. The third-order valence-electron chi connectivity index (χ3n) is 4.00. The minimum absolute atomic E-state index is 0.0644. The van der Waals surface area contributed by atoms with Gasteiger partial charge in [0.05, 0.1) is 10.2 Å². The van der Waals surface area contributed by atoms with Gasteiger partial charge in [0, 0.05) is 12.2 Å². The highest BCUT2D eigenvalue weighted by atomic mass is 79.9. The van der Waals surface area contributed by atoms with Crippen LogP contribution in [-0.4, -0.2) is 21.7 Å². The Bertz CT molecular complexity index is 430. The number of halogens is 1. The first kappa shape index (κ1) is 14.6. The molecule has 0 radical (unpaired) electrons. The SMILES string of the molecule is Cc1nn(C(C)C(=O)NC2CCC(C)CC2)cc1Br. The van der Waals surface area contributed by atoms with Crippen molar-refractivity contribution in [2.24, 2.45) is 5.92 Å². The summed E-state index contributed by atoms with van der Waals surface area (Å²) in [6, 6.07) is 0.0793. The van der Waals surface area contributed by atoms with Crippen LogP contribution in [0.4, 0.5) is 0 Å². The summed E-state index contributed by atoms with van der Waals surface area (Å²) in [6.07, 6.45) is 6.49. The summed E-state index contributed by atoms with van der Waals surface area (Å²) in [4.78, 5) is 12.2. The molecule has 0 saturated heterocycles. The number of aryl methyl sites for hydroxylation is 1. The van der Waals surface area contributed by atoms with E-state index in [4.69, 9.17) is 0 Å². The molecule has 0 spiro atoms. The van der Waals surface area contributed by atoms with E-state index >= 15 is 0 Å². The van der Waals surface area contributed by atoms with Crippen LogP contribution in [-0.2, 0) is 4.79 Å². The fourth-order valence-corrected chi connectivity index (χ4v) is 2.79. The quantitative estimate of drug-likeness (QED) is 0.926. The van der Waals surface area contributed by atoms with E-state index in [1.54, 1.807) is 4.68 Å².